The van der Waals surface area contributed by atoms with Crippen LogP contribution in [0.5, 0.6) is 0 Å². The number of sulfonamides is 1. The predicted octanol–water partition coefficient (Wildman–Crippen LogP) is 3.58. The molecule has 2 aromatic carbocycles. The summed E-state index contributed by atoms with van der Waals surface area (Å²) in [6.07, 6.45) is -4.83. The van der Waals surface area contributed by atoms with E-state index in [0.717, 1.165) is 30.3 Å². The lowest BCUT2D eigenvalue weighted by Gasteiger charge is -2.20. The molecule has 0 aliphatic rings. The average Bonchev–Trinajstić information content (AvgIpc) is 2.57. The Bertz CT molecular complexity index is 936. The number of para-hydroxylation sites is 1. The lowest BCUT2D eigenvalue weighted by Crippen LogP contribution is -2.36. The molecule has 0 aliphatic carbocycles. The van der Waals surface area contributed by atoms with Crippen LogP contribution in [0, 0.1) is 13.8 Å². The Morgan fingerprint density at radius 2 is 1.59 bits per heavy atom. The van der Waals surface area contributed by atoms with E-state index in [2.05, 4.69) is 5.32 Å². The zero-order valence-electron chi connectivity index (χ0n) is 15.0. The largest absolute Gasteiger partial charge is 0.417 e. The summed E-state index contributed by atoms with van der Waals surface area (Å²) in [7, 11) is -3.45. The van der Waals surface area contributed by atoms with Gasteiger partial charge in [-0.05, 0) is 37.1 Å². The van der Waals surface area contributed by atoms with Crippen molar-refractivity contribution in [3.05, 3.63) is 59.2 Å². The zero-order valence-corrected chi connectivity index (χ0v) is 15.8. The molecule has 0 aliphatic heterocycles. The van der Waals surface area contributed by atoms with Crippen LogP contribution in [-0.2, 0) is 21.0 Å². The molecule has 0 aromatic heterocycles. The minimum atomic E-state index is -4.83. The fourth-order valence-electron chi connectivity index (χ4n) is 2.57. The second kappa shape index (κ2) is 7.69. The van der Waals surface area contributed by atoms with Crippen LogP contribution in [-0.4, -0.2) is 32.2 Å². The summed E-state index contributed by atoms with van der Waals surface area (Å²) in [5.41, 5.74) is 0.851. The molecule has 27 heavy (non-hydrogen) atoms. The molecule has 1 N–H and O–H groups in total. The summed E-state index contributed by atoms with van der Waals surface area (Å²) in [5.74, 6) is -0.650. The van der Waals surface area contributed by atoms with Crippen LogP contribution in [0.1, 0.15) is 16.7 Å². The number of halogens is 3. The van der Waals surface area contributed by atoms with Crippen molar-refractivity contribution in [1.82, 2.24) is 4.31 Å². The van der Waals surface area contributed by atoms with Crippen LogP contribution in [0.4, 0.5) is 18.9 Å². The number of alkyl halides is 3. The molecule has 0 radical (unpaired) electrons. The highest BCUT2D eigenvalue weighted by atomic mass is 32.2. The Morgan fingerprint density at radius 3 is 2.15 bits per heavy atom. The van der Waals surface area contributed by atoms with Crippen molar-refractivity contribution in [2.75, 3.05) is 18.9 Å². The number of nitrogens with one attached hydrogen (secondary N) is 1. The second-order valence-corrected chi connectivity index (χ2v) is 8.08. The molecule has 0 heterocycles. The fourth-order valence-corrected chi connectivity index (χ4v) is 3.91. The maximum absolute atomic E-state index is 13.1. The first-order valence-electron chi connectivity index (χ1n) is 7.93. The van der Waals surface area contributed by atoms with Gasteiger partial charge in [0.05, 0.1) is 17.0 Å². The van der Waals surface area contributed by atoms with Crippen LogP contribution < -0.4 is 5.32 Å². The average molecular weight is 400 g/mol. The Labute approximate surface area is 155 Å². The number of aryl methyl sites for hydroxylation is 2. The van der Waals surface area contributed by atoms with Gasteiger partial charge in [-0.1, -0.05) is 30.3 Å². The van der Waals surface area contributed by atoms with Gasteiger partial charge in [0.15, 0.2) is 0 Å². The zero-order chi connectivity index (χ0) is 20.4. The molecule has 0 unspecified atom stereocenters. The van der Waals surface area contributed by atoms with Gasteiger partial charge in [-0.15, -0.1) is 0 Å². The summed E-state index contributed by atoms with van der Waals surface area (Å²) in [4.78, 5) is 11.4. The standard InChI is InChI=1S/C18H19F3N2O3S/c1-12-7-6-8-13(2)17(12)22-16(24)11-23(3)27(25,26)15-10-5-4-9-14(15)18(19,20)21/h4-10H,11H2,1-3H3,(H,22,24). The molecule has 2 aromatic rings. The van der Waals surface area contributed by atoms with Crippen LogP contribution in [0.2, 0.25) is 0 Å². The van der Waals surface area contributed by atoms with E-state index >= 15 is 0 Å². The number of likely N-dealkylation sites (N-methyl/N-ethyl adjacent to an activating group) is 1. The Hall–Kier alpha value is -2.39. The van der Waals surface area contributed by atoms with Gasteiger partial charge in [-0.2, -0.15) is 17.5 Å². The van der Waals surface area contributed by atoms with Crippen LogP contribution in [0.3, 0.4) is 0 Å². The van der Waals surface area contributed by atoms with Crippen molar-refractivity contribution in [2.45, 2.75) is 24.9 Å². The quantitative estimate of drug-likeness (QED) is 0.834. The number of benzene rings is 2. The first-order chi connectivity index (χ1) is 12.4. The number of hydrogen-bond acceptors (Lipinski definition) is 3. The van der Waals surface area contributed by atoms with E-state index in [1.807, 2.05) is 6.07 Å². The molecule has 0 fully saturated rings. The van der Waals surface area contributed by atoms with Gasteiger partial charge >= 0.3 is 6.18 Å². The summed E-state index contributed by atoms with van der Waals surface area (Å²) >= 11 is 0. The Morgan fingerprint density at radius 1 is 1.04 bits per heavy atom. The van der Waals surface area contributed by atoms with Gasteiger partial charge in [0, 0.05) is 12.7 Å². The summed E-state index contributed by atoms with van der Waals surface area (Å²) in [6, 6.07) is 9.24. The predicted molar refractivity (Wildman–Crippen MR) is 95.8 cm³/mol. The lowest BCUT2D eigenvalue weighted by atomic mass is 10.1. The van der Waals surface area contributed by atoms with E-state index in [4.69, 9.17) is 0 Å². The lowest BCUT2D eigenvalue weighted by molar-refractivity contribution is -0.139. The number of carbonyl (C=O) groups excluding carboxylic acids is 1. The third-order valence-corrected chi connectivity index (χ3v) is 5.85. The summed E-state index contributed by atoms with van der Waals surface area (Å²) < 4.78 is 65.1. The van der Waals surface area contributed by atoms with Gasteiger partial charge in [-0.25, -0.2) is 8.42 Å². The molecular formula is C18H19F3N2O3S. The Kier molecular flexibility index (Phi) is 5.96. The summed E-state index contributed by atoms with van der Waals surface area (Å²) in [6.45, 7) is 2.94. The minimum Gasteiger partial charge on any atom is -0.324 e. The number of carbonyl (C=O) groups is 1. The second-order valence-electron chi connectivity index (χ2n) is 6.07. The topological polar surface area (TPSA) is 66.5 Å². The first kappa shape index (κ1) is 20.9. The maximum Gasteiger partial charge on any atom is 0.417 e. The molecule has 0 atom stereocenters. The van der Waals surface area contributed by atoms with Crippen LogP contribution >= 0.6 is 0 Å². The maximum atomic E-state index is 13.1. The van der Waals surface area contributed by atoms with Crippen molar-refractivity contribution in [3.8, 4) is 0 Å². The number of rotatable bonds is 5. The Balaban J connectivity index is 2.25. The van der Waals surface area contributed by atoms with E-state index in [1.54, 1.807) is 26.0 Å². The van der Waals surface area contributed by atoms with Gasteiger partial charge < -0.3 is 5.32 Å². The van der Waals surface area contributed by atoms with Crippen molar-refractivity contribution in [3.63, 3.8) is 0 Å². The molecule has 1 amide bonds. The number of nitrogens with zero attached hydrogens (tertiary/aromatic N) is 1. The number of amides is 1. The molecular weight excluding hydrogens is 381 g/mol. The van der Waals surface area contributed by atoms with E-state index < -0.39 is 39.1 Å². The van der Waals surface area contributed by atoms with Crippen molar-refractivity contribution < 1.29 is 26.4 Å². The highest BCUT2D eigenvalue weighted by Gasteiger charge is 2.38. The molecule has 0 spiro atoms. The third kappa shape index (κ3) is 4.67. The van der Waals surface area contributed by atoms with Crippen molar-refractivity contribution in [1.29, 1.82) is 0 Å². The van der Waals surface area contributed by atoms with Crippen LogP contribution in [0.15, 0.2) is 47.4 Å². The van der Waals surface area contributed by atoms with E-state index in [1.165, 1.54) is 6.07 Å². The monoisotopic (exact) mass is 400 g/mol. The SMILES string of the molecule is Cc1cccc(C)c1NC(=O)CN(C)S(=O)(=O)c1ccccc1C(F)(F)F. The number of anilines is 1. The van der Waals surface area contributed by atoms with Gasteiger partial charge in [-0.3, -0.25) is 4.79 Å². The van der Waals surface area contributed by atoms with E-state index in [-0.39, 0.29) is 0 Å². The molecule has 9 heteroatoms. The highest BCUT2D eigenvalue weighted by Crippen LogP contribution is 2.34. The molecule has 2 rings (SSSR count). The molecule has 5 nitrogen and oxygen atoms in total. The third-order valence-electron chi connectivity index (χ3n) is 3.99. The first-order valence-corrected chi connectivity index (χ1v) is 9.37. The van der Waals surface area contributed by atoms with Gasteiger partial charge in [0.2, 0.25) is 15.9 Å². The van der Waals surface area contributed by atoms with Crippen molar-refractivity contribution >= 4 is 21.6 Å². The molecule has 0 bridgehead atoms. The van der Waals surface area contributed by atoms with Gasteiger partial charge in [0.1, 0.15) is 0 Å². The fraction of sp³-hybridized carbons (Fsp3) is 0.278. The van der Waals surface area contributed by atoms with E-state index in [0.29, 0.717) is 16.1 Å². The normalized spacial score (nSPS) is 12.3. The highest BCUT2D eigenvalue weighted by molar-refractivity contribution is 7.89. The smallest absolute Gasteiger partial charge is 0.324 e. The van der Waals surface area contributed by atoms with Gasteiger partial charge in [0.25, 0.3) is 0 Å². The van der Waals surface area contributed by atoms with Crippen molar-refractivity contribution in [2.24, 2.45) is 0 Å². The molecule has 0 saturated carbocycles. The molecule has 146 valence electrons. The van der Waals surface area contributed by atoms with Crippen LogP contribution in [0.25, 0.3) is 0 Å². The minimum absolute atomic E-state index is 0.545. The summed E-state index contributed by atoms with van der Waals surface area (Å²) in [5, 5.41) is 2.61. The van der Waals surface area contributed by atoms with E-state index in [9.17, 15) is 26.4 Å². The number of hydrogen-bond donors (Lipinski definition) is 1. The molecule has 0 saturated heterocycles.